The van der Waals surface area contributed by atoms with Crippen molar-refractivity contribution in [2.24, 2.45) is 0 Å². The van der Waals surface area contributed by atoms with Crippen LogP contribution in [-0.2, 0) is 6.42 Å². The van der Waals surface area contributed by atoms with E-state index in [1.54, 1.807) is 4.68 Å². The fourth-order valence-corrected chi connectivity index (χ4v) is 3.29. The lowest BCUT2D eigenvalue weighted by Gasteiger charge is -2.13. The first-order valence-corrected chi connectivity index (χ1v) is 9.22. The van der Waals surface area contributed by atoms with E-state index in [1.807, 2.05) is 55.5 Å². The number of benzene rings is 2. The molecule has 1 heterocycles. The van der Waals surface area contributed by atoms with Crippen LogP contribution in [0.4, 0.5) is 5.69 Å². The summed E-state index contributed by atoms with van der Waals surface area (Å²) in [6.45, 7) is 4.13. The summed E-state index contributed by atoms with van der Waals surface area (Å²) < 4.78 is 1.77. The molecule has 0 spiro atoms. The topological polar surface area (TPSA) is 46.9 Å². The zero-order chi connectivity index (χ0) is 18.1. The monoisotopic (exact) mass is 345 g/mol. The van der Waals surface area contributed by atoms with Crippen LogP contribution in [0.25, 0.3) is 5.69 Å². The maximum atomic E-state index is 13.1. The second-order valence-corrected chi connectivity index (χ2v) is 6.89. The fourth-order valence-electron chi connectivity index (χ4n) is 3.29. The van der Waals surface area contributed by atoms with Crippen molar-refractivity contribution in [1.29, 1.82) is 0 Å². The summed E-state index contributed by atoms with van der Waals surface area (Å²) in [6, 6.07) is 17.9. The van der Waals surface area contributed by atoms with Crippen molar-refractivity contribution in [2.45, 2.75) is 39.0 Å². The molecule has 26 heavy (non-hydrogen) atoms. The Hall–Kier alpha value is -2.88. The molecule has 1 amide bonds. The van der Waals surface area contributed by atoms with Gasteiger partial charge in [-0.2, -0.15) is 5.10 Å². The van der Waals surface area contributed by atoms with Crippen LogP contribution in [0.15, 0.2) is 54.6 Å². The van der Waals surface area contributed by atoms with E-state index in [2.05, 4.69) is 18.3 Å². The Morgan fingerprint density at radius 1 is 1.15 bits per heavy atom. The van der Waals surface area contributed by atoms with Crippen LogP contribution < -0.4 is 5.32 Å². The molecule has 1 N–H and O–H groups in total. The van der Waals surface area contributed by atoms with Crippen molar-refractivity contribution in [1.82, 2.24) is 9.78 Å². The Kier molecular flexibility index (Phi) is 4.33. The van der Waals surface area contributed by atoms with E-state index in [-0.39, 0.29) is 5.91 Å². The molecule has 1 aromatic heterocycles. The lowest BCUT2D eigenvalue weighted by atomic mass is 10.1. The van der Waals surface area contributed by atoms with Gasteiger partial charge in [0, 0.05) is 11.6 Å². The van der Waals surface area contributed by atoms with Gasteiger partial charge in [0.05, 0.1) is 11.4 Å². The largest absolute Gasteiger partial charge is 0.320 e. The number of nitrogens with zero attached hydrogens (tertiary/aromatic N) is 2. The minimum absolute atomic E-state index is 0.114. The van der Waals surface area contributed by atoms with Gasteiger partial charge in [0.25, 0.3) is 5.91 Å². The number of aromatic nitrogens is 2. The third-order valence-corrected chi connectivity index (χ3v) is 4.94. The van der Waals surface area contributed by atoms with E-state index in [4.69, 9.17) is 5.10 Å². The molecule has 4 nitrogen and oxygen atoms in total. The van der Waals surface area contributed by atoms with Crippen LogP contribution in [0.2, 0.25) is 0 Å². The van der Waals surface area contributed by atoms with Gasteiger partial charge in [-0.25, -0.2) is 4.68 Å². The Balaban J connectivity index is 1.72. The molecule has 132 valence electrons. The summed E-state index contributed by atoms with van der Waals surface area (Å²) in [6.07, 6.45) is 3.19. The van der Waals surface area contributed by atoms with Gasteiger partial charge >= 0.3 is 0 Å². The van der Waals surface area contributed by atoms with Crippen molar-refractivity contribution < 1.29 is 4.79 Å². The maximum absolute atomic E-state index is 13.1. The number of nitrogens with one attached hydrogen (secondary N) is 1. The highest BCUT2D eigenvalue weighted by Gasteiger charge is 2.29. The number of anilines is 1. The summed E-state index contributed by atoms with van der Waals surface area (Å²) in [5, 5.41) is 7.86. The maximum Gasteiger partial charge on any atom is 0.274 e. The molecule has 4 rings (SSSR count). The average molecular weight is 345 g/mol. The molecule has 1 aliphatic carbocycles. The fraction of sp³-hybridized carbons (Fsp3) is 0.273. The van der Waals surface area contributed by atoms with Gasteiger partial charge in [0.2, 0.25) is 0 Å². The number of carbonyl (C=O) groups excluding carboxylic acids is 1. The molecule has 2 aromatic carbocycles. The standard InChI is InChI=1S/C22H23N3O/c1-3-16-9-7-8-15(2)21(16)23-22(26)20-14-19(17-12-13-17)24-25(20)18-10-5-4-6-11-18/h4-11,14,17H,3,12-13H2,1-2H3,(H,23,26). The second-order valence-electron chi connectivity index (χ2n) is 6.89. The molecule has 3 aromatic rings. The van der Waals surface area contributed by atoms with Gasteiger partial charge in [-0.1, -0.05) is 43.3 Å². The Labute approximate surface area is 153 Å². The highest BCUT2D eigenvalue weighted by Crippen LogP contribution is 2.39. The van der Waals surface area contributed by atoms with E-state index in [9.17, 15) is 4.79 Å². The number of rotatable bonds is 5. The first-order chi connectivity index (χ1) is 12.7. The molecule has 0 atom stereocenters. The van der Waals surface area contributed by atoms with Crippen LogP contribution in [-0.4, -0.2) is 15.7 Å². The van der Waals surface area contributed by atoms with Gasteiger partial charge in [0.1, 0.15) is 5.69 Å². The summed E-state index contributed by atoms with van der Waals surface area (Å²) in [5.41, 5.74) is 5.64. The highest BCUT2D eigenvalue weighted by molar-refractivity contribution is 6.04. The van der Waals surface area contributed by atoms with E-state index < -0.39 is 0 Å². The highest BCUT2D eigenvalue weighted by atomic mass is 16.2. The first-order valence-electron chi connectivity index (χ1n) is 9.22. The summed E-state index contributed by atoms with van der Waals surface area (Å²) in [7, 11) is 0. The molecular formula is C22H23N3O. The molecule has 4 heteroatoms. The van der Waals surface area contributed by atoms with Crippen molar-refractivity contribution >= 4 is 11.6 Å². The molecule has 0 saturated heterocycles. The number of amides is 1. The average Bonchev–Trinajstić information content (AvgIpc) is 3.42. The first kappa shape index (κ1) is 16.6. The smallest absolute Gasteiger partial charge is 0.274 e. The minimum Gasteiger partial charge on any atom is -0.320 e. The third kappa shape index (κ3) is 3.15. The summed E-state index contributed by atoms with van der Waals surface area (Å²) in [4.78, 5) is 13.1. The SMILES string of the molecule is CCc1cccc(C)c1NC(=O)c1cc(C2CC2)nn1-c1ccccc1. The molecule has 0 unspecified atom stereocenters. The number of aryl methyl sites for hydroxylation is 2. The third-order valence-electron chi connectivity index (χ3n) is 4.94. The molecule has 0 radical (unpaired) electrons. The predicted molar refractivity (Wildman–Crippen MR) is 104 cm³/mol. The van der Waals surface area contributed by atoms with Crippen LogP contribution in [0.5, 0.6) is 0 Å². The number of hydrogen-bond donors (Lipinski definition) is 1. The van der Waals surface area contributed by atoms with Crippen molar-refractivity contribution in [2.75, 3.05) is 5.32 Å². The van der Waals surface area contributed by atoms with Gasteiger partial charge in [-0.3, -0.25) is 4.79 Å². The Bertz CT molecular complexity index is 939. The number of hydrogen-bond acceptors (Lipinski definition) is 2. The van der Waals surface area contributed by atoms with Gasteiger partial charge in [0.15, 0.2) is 0 Å². The summed E-state index contributed by atoms with van der Waals surface area (Å²) in [5.74, 6) is 0.383. The molecular weight excluding hydrogens is 322 g/mol. The Morgan fingerprint density at radius 3 is 2.62 bits per heavy atom. The lowest BCUT2D eigenvalue weighted by molar-refractivity contribution is 0.101. The zero-order valence-electron chi connectivity index (χ0n) is 15.2. The quantitative estimate of drug-likeness (QED) is 0.717. The van der Waals surface area contributed by atoms with E-state index >= 15 is 0 Å². The number of carbonyl (C=O) groups is 1. The van der Waals surface area contributed by atoms with Crippen LogP contribution in [0, 0.1) is 6.92 Å². The minimum atomic E-state index is -0.114. The van der Waals surface area contributed by atoms with E-state index in [0.29, 0.717) is 11.6 Å². The van der Waals surface area contributed by atoms with Crippen molar-refractivity contribution in [3.63, 3.8) is 0 Å². The molecule has 1 fully saturated rings. The Morgan fingerprint density at radius 2 is 1.92 bits per heavy atom. The molecule has 1 aliphatic rings. The van der Waals surface area contributed by atoms with Crippen LogP contribution >= 0.6 is 0 Å². The van der Waals surface area contributed by atoms with Gasteiger partial charge in [-0.15, -0.1) is 0 Å². The molecule has 0 bridgehead atoms. The van der Waals surface area contributed by atoms with Crippen molar-refractivity contribution in [3.8, 4) is 5.69 Å². The summed E-state index contributed by atoms with van der Waals surface area (Å²) >= 11 is 0. The van der Waals surface area contributed by atoms with Crippen LogP contribution in [0.3, 0.4) is 0 Å². The normalized spacial score (nSPS) is 13.6. The van der Waals surface area contributed by atoms with Gasteiger partial charge in [-0.05, 0) is 55.5 Å². The van der Waals surface area contributed by atoms with E-state index in [0.717, 1.165) is 47.5 Å². The van der Waals surface area contributed by atoms with Crippen molar-refractivity contribution in [3.05, 3.63) is 77.1 Å². The molecule has 1 saturated carbocycles. The lowest BCUT2D eigenvalue weighted by Crippen LogP contribution is -2.18. The van der Waals surface area contributed by atoms with E-state index in [1.165, 1.54) is 0 Å². The van der Waals surface area contributed by atoms with Gasteiger partial charge < -0.3 is 5.32 Å². The molecule has 0 aliphatic heterocycles. The predicted octanol–water partition coefficient (Wildman–Crippen LogP) is 4.87. The zero-order valence-corrected chi connectivity index (χ0v) is 15.2. The number of para-hydroxylation sites is 2. The van der Waals surface area contributed by atoms with Crippen LogP contribution in [0.1, 0.15) is 53.0 Å². The second kappa shape index (κ2) is 6.79.